The summed E-state index contributed by atoms with van der Waals surface area (Å²) < 4.78 is 7.50. The predicted molar refractivity (Wildman–Crippen MR) is 142 cm³/mol. The third kappa shape index (κ3) is 5.87. The molecule has 8 nitrogen and oxygen atoms in total. The molecule has 2 atom stereocenters. The van der Waals surface area contributed by atoms with Crippen molar-refractivity contribution in [3.63, 3.8) is 0 Å². The van der Waals surface area contributed by atoms with Crippen LogP contribution in [0.25, 0.3) is 0 Å². The Kier molecular flexibility index (Phi) is 8.81. The summed E-state index contributed by atoms with van der Waals surface area (Å²) in [7, 11) is 0. The van der Waals surface area contributed by atoms with Crippen molar-refractivity contribution in [1.29, 1.82) is 5.26 Å². The van der Waals surface area contributed by atoms with Gasteiger partial charge in [-0.3, -0.25) is 9.69 Å². The lowest BCUT2D eigenvalue weighted by Gasteiger charge is -2.32. The summed E-state index contributed by atoms with van der Waals surface area (Å²) in [6.45, 7) is 10.0. The van der Waals surface area contributed by atoms with Gasteiger partial charge in [-0.2, -0.15) is 5.26 Å². The number of urea groups is 1. The molecule has 1 aromatic heterocycles. The molecule has 1 spiro atoms. The fourth-order valence-electron chi connectivity index (χ4n) is 4.22. The lowest BCUT2D eigenvalue weighted by molar-refractivity contribution is -0.131. The van der Waals surface area contributed by atoms with Gasteiger partial charge < -0.3 is 14.6 Å². The number of hydrogen-bond donors (Lipinski definition) is 1. The van der Waals surface area contributed by atoms with E-state index in [1.165, 1.54) is 4.90 Å². The first-order valence-corrected chi connectivity index (χ1v) is 12.3. The molecule has 2 aromatic rings. The summed E-state index contributed by atoms with van der Waals surface area (Å²) in [6.07, 6.45) is 9.76. The molecular weight excluding hydrogens is 490 g/mol. The van der Waals surface area contributed by atoms with E-state index >= 15 is 0 Å². The second-order valence-corrected chi connectivity index (χ2v) is 9.53. The van der Waals surface area contributed by atoms with Crippen LogP contribution in [0.2, 0.25) is 0 Å². The van der Waals surface area contributed by atoms with Crippen molar-refractivity contribution >= 4 is 23.5 Å². The van der Waals surface area contributed by atoms with E-state index in [4.69, 9.17) is 28.0 Å². The summed E-state index contributed by atoms with van der Waals surface area (Å²) >= 11 is 5.34. The zero-order valence-corrected chi connectivity index (χ0v) is 22.0. The number of amides is 3. The van der Waals surface area contributed by atoms with Gasteiger partial charge in [0.15, 0.2) is 5.76 Å². The third-order valence-electron chi connectivity index (χ3n) is 6.49. The molecule has 3 heterocycles. The number of aromatic nitrogens is 2. The number of nitrogens with zero attached hydrogens (tertiary/aromatic N) is 4. The minimum atomic E-state index is -1.13. The van der Waals surface area contributed by atoms with Gasteiger partial charge in [-0.05, 0) is 44.4 Å². The molecule has 9 heteroatoms. The number of alkyl halides is 1. The fourth-order valence-corrected chi connectivity index (χ4v) is 4.22. The van der Waals surface area contributed by atoms with Gasteiger partial charge in [0.1, 0.15) is 11.4 Å². The average molecular weight is 520 g/mol. The maximum absolute atomic E-state index is 13.3. The lowest BCUT2D eigenvalue weighted by Crippen LogP contribution is -2.51. The van der Waals surface area contributed by atoms with E-state index < -0.39 is 11.6 Å². The molecular formula is C28H30ClN5O3. The fraction of sp³-hybridized carbons (Fsp3) is 0.357. The highest BCUT2D eigenvalue weighted by molar-refractivity contribution is 6.21. The number of imidazole rings is 1. The van der Waals surface area contributed by atoms with E-state index in [-0.39, 0.29) is 24.4 Å². The number of hydrogen-bond acceptors (Lipinski definition) is 5. The summed E-state index contributed by atoms with van der Waals surface area (Å²) in [5.74, 6) is 3.30. The van der Waals surface area contributed by atoms with Gasteiger partial charge in [-0.1, -0.05) is 18.2 Å². The van der Waals surface area contributed by atoms with Crippen molar-refractivity contribution in [3.8, 4) is 18.4 Å². The molecule has 2 unspecified atom stereocenters. The average Bonchev–Trinajstić information content (AvgIpc) is 3.36. The van der Waals surface area contributed by atoms with Gasteiger partial charge in [0.2, 0.25) is 0 Å². The van der Waals surface area contributed by atoms with Gasteiger partial charge in [-0.25, -0.2) is 9.78 Å². The van der Waals surface area contributed by atoms with Crippen molar-refractivity contribution in [2.45, 2.75) is 51.1 Å². The van der Waals surface area contributed by atoms with Crippen LogP contribution in [0.15, 0.2) is 54.4 Å². The molecule has 1 saturated heterocycles. The largest absolute Gasteiger partial charge is 0.485 e. The molecule has 0 aliphatic carbocycles. The van der Waals surface area contributed by atoms with Crippen LogP contribution in [0.4, 0.5) is 4.79 Å². The zero-order chi connectivity index (χ0) is 27.2. The van der Waals surface area contributed by atoms with Crippen LogP contribution in [-0.4, -0.2) is 50.5 Å². The molecule has 1 fully saturated rings. The van der Waals surface area contributed by atoms with Gasteiger partial charge in [0, 0.05) is 48.8 Å². The number of carbonyl (C=O) groups excluding carboxylic acids is 2. The number of terminal acetylenes is 1. The van der Waals surface area contributed by atoms with Crippen molar-refractivity contribution in [3.05, 3.63) is 77.1 Å². The summed E-state index contributed by atoms with van der Waals surface area (Å²) in [6, 6.07) is 9.06. The number of allylic oxidation sites excluding steroid dienone is 2. The molecule has 0 saturated carbocycles. The Morgan fingerprint density at radius 2 is 2.03 bits per heavy atom. The topological polar surface area (TPSA) is 100 Å². The third-order valence-corrected chi connectivity index (χ3v) is 6.67. The maximum Gasteiger partial charge on any atom is 0.325 e. The van der Waals surface area contributed by atoms with E-state index in [0.29, 0.717) is 36.3 Å². The molecule has 1 aromatic carbocycles. The molecule has 2 aliphatic heterocycles. The normalized spacial score (nSPS) is 19.4. The molecule has 37 heavy (non-hydrogen) atoms. The van der Waals surface area contributed by atoms with Crippen molar-refractivity contribution in [2.75, 3.05) is 13.2 Å². The number of imide groups is 1. The van der Waals surface area contributed by atoms with Gasteiger partial charge in [-0.15, -0.1) is 24.6 Å². The molecule has 192 valence electrons. The zero-order valence-electron chi connectivity index (χ0n) is 21.3. The Morgan fingerprint density at radius 3 is 2.62 bits per heavy atom. The predicted octanol–water partition coefficient (Wildman–Crippen LogP) is 4.07. The van der Waals surface area contributed by atoms with Crippen LogP contribution in [0.3, 0.4) is 0 Å². The highest BCUT2D eigenvalue weighted by Crippen LogP contribution is 2.34. The highest BCUT2D eigenvalue weighted by Gasteiger charge is 2.54. The number of ether oxygens (including phenoxy) is 1. The van der Waals surface area contributed by atoms with Crippen LogP contribution >= 0.6 is 11.6 Å². The first-order valence-electron chi connectivity index (χ1n) is 11.9. The Labute approximate surface area is 222 Å². The van der Waals surface area contributed by atoms with Gasteiger partial charge >= 0.3 is 6.03 Å². The standard InChI is InChI=1S/C24H23N5O3.C4H7Cl/c1-4-21-16(2)24(10-12-32-21)22(30)28(23(31)27-24)11-9-20-14-26-17(3)29(20)15-19-7-5-18(13-25)6-8-19;1-3-4(2)5/h1,5-8,14H,9-12,15H2,2-3H3,(H,27,31);3-4H,1H2,2H3. The Morgan fingerprint density at radius 1 is 1.35 bits per heavy atom. The number of benzene rings is 1. The summed E-state index contributed by atoms with van der Waals surface area (Å²) in [5.41, 5.74) is 1.99. The number of nitrogens with one attached hydrogen (secondary N) is 1. The molecule has 0 radical (unpaired) electrons. The van der Waals surface area contributed by atoms with Crippen molar-refractivity contribution < 1.29 is 14.3 Å². The first-order chi connectivity index (χ1) is 17.7. The Bertz CT molecular complexity index is 1300. The number of aryl methyl sites for hydroxylation is 1. The quantitative estimate of drug-likeness (QED) is 0.268. The van der Waals surface area contributed by atoms with Crippen LogP contribution in [0.1, 0.15) is 42.9 Å². The smallest absolute Gasteiger partial charge is 0.325 e. The van der Waals surface area contributed by atoms with Crippen molar-refractivity contribution in [1.82, 2.24) is 19.8 Å². The molecule has 2 aliphatic rings. The Balaban J connectivity index is 0.000000695. The monoisotopic (exact) mass is 519 g/mol. The second-order valence-electron chi connectivity index (χ2n) is 8.84. The minimum absolute atomic E-state index is 0.120. The summed E-state index contributed by atoms with van der Waals surface area (Å²) in [5, 5.41) is 11.9. The number of nitriles is 1. The van der Waals surface area contributed by atoms with E-state index in [0.717, 1.165) is 17.1 Å². The van der Waals surface area contributed by atoms with E-state index in [1.807, 2.05) is 30.5 Å². The first kappa shape index (κ1) is 27.6. The van der Waals surface area contributed by atoms with E-state index in [2.05, 4.69) is 28.9 Å². The molecule has 1 N–H and O–H groups in total. The SMILES string of the molecule is C#CC1=C(C)C2(CCO1)NC(=O)N(CCc1cnc(C)n1Cc1ccc(C#N)cc1)C2=O.C=CC(C)Cl. The molecule has 3 amide bonds. The summed E-state index contributed by atoms with van der Waals surface area (Å²) in [4.78, 5) is 31.6. The highest BCUT2D eigenvalue weighted by atomic mass is 35.5. The van der Waals surface area contributed by atoms with Crippen LogP contribution in [0, 0.1) is 30.6 Å². The van der Waals surface area contributed by atoms with Crippen LogP contribution < -0.4 is 5.32 Å². The van der Waals surface area contributed by atoms with Crippen LogP contribution in [0.5, 0.6) is 0 Å². The van der Waals surface area contributed by atoms with Gasteiger partial charge in [0.25, 0.3) is 5.91 Å². The van der Waals surface area contributed by atoms with Gasteiger partial charge in [0.05, 0.1) is 18.2 Å². The minimum Gasteiger partial charge on any atom is -0.485 e. The number of rotatable bonds is 6. The van der Waals surface area contributed by atoms with E-state index in [9.17, 15) is 9.59 Å². The second kappa shape index (κ2) is 11.8. The maximum atomic E-state index is 13.3. The van der Waals surface area contributed by atoms with Crippen molar-refractivity contribution in [2.24, 2.45) is 0 Å². The Hall–Kier alpha value is -4.01. The number of carbonyl (C=O) groups is 2. The molecule has 0 bridgehead atoms. The van der Waals surface area contributed by atoms with E-state index in [1.54, 1.807) is 31.3 Å². The molecule has 4 rings (SSSR count). The lowest BCUT2D eigenvalue weighted by atomic mass is 9.85. The van der Waals surface area contributed by atoms with Crippen LogP contribution in [-0.2, 0) is 22.5 Å². The number of halogens is 1.